The topological polar surface area (TPSA) is 0 Å². The summed E-state index contributed by atoms with van der Waals surface area (Å²) in [6.07, 6.45) is 11.4. The predicted octanol–water partition coefficient (Wildman–Crippen LogP) is 7.96. The van der Waals surface area contributed by atoms with Gasteiger partial charge in [-0.3, -0.25) is 0 Å². The second kappa shape index (κ2) is 9.47. The van der Waals surface area contributed by atoms with Crippen LogP contribution in [-0.4, -0.2) is 0 Å². The Hall–Kier alpha value is 0. The lowest BCUT2D eigenvalue weighted by Gasteiger charge is -2.34. The molecule has 7 atom stereocenters. The minimum absolute atomic E-state index is 0.596. The van der Waals surface area contributed by atoms with Crippen molar-refractivity contribution in [1.29, 1.82) is 0 Å². The van der Waals surface area contributed by atoms with E-state index in [9.17, 15) is 0 Å². The van der Waals surface area contributed by atoms with Gasteiger partial charge in [0.2, 0.25) is 0 Å². The van der Waals surface area contributed by atoms with Crippen LogP contribution in [0.5, 0.6) is 0 Å². The molecule has 0 nitrogen and oxygen atoms in total. The van der Waals surface area contributed by atoms with Crippen LogP contribution < -0.4 is 0 Å². The summed E-state index contributed by atoms with van der Waals surface area (Å²) in [5, 5.41) is 0. The van der Waals surface area contributed by atoms with Gasteiger partial charge in [-0.2, -0.15) is 0 Å². The molecule has 0 aromatic carbocycles. The first-order chi connectivity index (χ1) is 10.8. The van der Waals surface area contributed by atoms with Gasteiger partial charge in [-0.25, -0.2) is 0 Å². The third kappa shape index (κ3) is 5.50. The van der Waals surface area contributed by atoms with Gasteiger partial charge in [-0.05, 0) is 53.8 Å². The molecule has 0 aromatic rings. The van der Waals surface area contributed by atoms with Crippen molar-refractivity contribution < 1.29 is 0 Å². The first kappa shape index (κ1) is 21.0. The first-order valence-corrected chi connectivity index (χ1v) is 10.8. The van der Waals surface area contributed by atoms with Crippen LogP contribution in [0, 0.1) is 40.9 Å². The molecule has 0 aliphatic heterocycles. The Morgan fingerprint density at radius 3 is 2.13 bits per heavy atom. The first-order valence-electron chi connectivity index (χ1n) is 10.8. The molecule has 0 saturated heterocycles. The molecule has 0 aromatic heterocycles. The highest BCUT2D eigenvalue weighted by Crippen LogP contribution is 2.54. The zero-order valence-electron chi connectivity index (χ0n) is 17.6. The lowest BCUT2D eigenvalue weighted by atomic mass is 9.72. The summed E-state index contributed by atoms with van der Waals surface area (Å²) < 4.78 is 0. The van der Waals surface area contributed by atoms with Gasteiger partial charge in [0, 0.05) is 0 Å². The van der Waals surface area contributed by atoms with Crippen molar-refractivity contribution in [2.75, 3.05) is 0 Å². The predicted molar refractivity (Wildman–Crippen MR) is 106 cm³/mol. The molecule has 1 fully saturated rings. The standard InChI is InChI=1S/C23H46/c1-9-11-12-13-14-17(3)20(6)18(4)15-22-19(5)16-23(8,10-2)21(22)7/h17-22H,9-16H2,1-8H3. The third-order valence-electron chi connectivity index (χ3n) is 8.02. The lowest BCUT2D eigenvalue weighted by Crippen LogP contribution is -2.26. The fraction of sp³-hybridized carbons (Fsp3) is 1.00. The van der Waals surface area contributed by atoms with Gasteiger partial charge in [0.15, 0.2) is 0 Å². The Balaban J connectivity index is 2.49. The maximum atomic E-state index is 2.54. The largest absolute Gasteiger partial charge is 0.0654 e. The molecule has 0 bridgehead atoms. The summed E-state index contributed by atoms with van der Waals surface area (Å²) in [7, 11) is 0. The summed E-state index contributed by atoms with van der Waals surface area (Å²) in [5.74, 6) is 5.42. The number of hydrogen-bond donors (Lipinski definition) is 0. The fourth-order valence-electron chi connectivity index (χ4n) is 5.35. The van der Waals surface area contributed by atoms with Crippen molar-refractivity contribution in [3.05, 3.63) is 0 Å². The molecular weight excluding hydrogens is 276 g/mol. The normalized spacial score (nSPS) is 35.2. The minimum atomic E-state index is 0.596. The average Bonchev–Trinajstić information content (AvgIpc) is 2.74. The van der Waals surface area contributed by atoms with E-state index in [-0.39, 0.29) is 0 Å². The summed E-state index contributed by atoms with van der Waals surface area (Å²) in [6.45, 7) is 19.9. The van der Waals surface area contributed by atoms with E-state index < -0.39 is 0 Å². The van der Waals surface area contributed by atoms with Gasteiger partial charge >= 0.3 is 0 Å². The Morgan fingerprint density at radius 2 is 1.61 bits per heavy atom. The molecule has 0 N–H and O–H groups in total. The monoisotopic (exact) mass is 322 g/mol. The van der Waals surface area contributed by atoms with E-state index in [4.69, 9.17) is 0 Å². The number of hydrogen-bond acceptors (Lipinski definition) is 0. The van der Waals surface area contributed by atoms with E-state index in [1.807, 2.05) is 0 Å². The zero-order valence-corrected chi connectivity index (χ0v) is 17.6. The molecule has 0 spiro atoms. The van der Waals surface area contributed by atoms with Crippen LogP contribution >= 0.6 is 0 Å². The van der Waals surface area contributed by atoms with E-state index in [0.717, 1.165) is 35.5 Å². The Kier molecular flexibility index (Phi) is 8.67. The van der Waals surface area contributed by atoms with Crippen molar-refractivity contribution in [3.63, 3.8) is 0 Å². The van der Waals surface area contributed by atoms with Crippen LogP contribution in [0.4, 0.5) is 0 Å². The maximum Gasteiger partial charge on any atom is -0.0297 e. The molecule has 0 heteroatoms. The Bertz CT molecular complexity index is 320. The zero-order chi connectivity index (χ0) is 17.6. The van der Waals surface area contributed by atoms with Gasteiger partial charge in [-0.15, -0.1) is 0 Å². The molecular formula is C23H46. The molecule has 138 valence electrons. The van der Waals surface area contributed by atoms with Crippen LogP contribution in [0.2, 0.25) is 0 Å². The molecule has 1 saturated carbocycles. The van der Waals surface area contributed by atoms with Crippen LogP contribution in [0.1, 0.15) is 107 Å². The van der Waals surface area contributed by atoms with Crippen molar-refractivity contribution in [1.82, 2.24) is 0 Å². The van der Waals surface area contributed by atoms with Gasteiger partial charge in [0.05, 0.1) is 0 Å². The average molecular weight is 323 g/mol. The maximum absolute atomic E-state index is 2.54. The van der Waals surface area contributed by atoms with E-state index >= 15 is 0 Å². The van der Waals surface area contributed by atoms with Crippen LogP contribution in [0.15, 0.2) is 0 Å². The third-order valence-corrected chi connectivity index (χ3v) is 8.02. The highest BCUT2D eigenvalue weighted by molar-refractivity contribution is 4.95. The summed E-state index contributed by atoms with van der Waals surface area (Å²) in [5.41, 5.74) is 0.596. The molecule has 1 aliphatic carbocycles. The van der Waals surface area contributed by atoms with Crippen molar-refractivity contribution in [2.45, 2.75) is 107 Å². The lowest BCUT2D eigenvalue weighted by molar-refractivity contribution is 0.157. The van der Waals surface area contributed by atoms with Crippen LogP contribution in [-0.2, 0) is 0 Å². The quantitative estimate of drug-likeness (QED) is 0.358. The number of rotatable bonds is 10. The van der Waals surface area contributed by atoms with Crippen molar-refractivity contribution in [2.24, 2.45) is 40.9 Å². The molecule has 1 rings (SSSR count). The van der Waals surface area contributed by atoms with E-state index in [1.165, 1.54) is 51.4 Å². The Morgan fingerprint density at radius 1 is 0.957 bits per heavy atom. The fourth-order valence-corrected chi connectivity index (χ4v) is 5.35. The van der Waals surface area contributed by atoms with E-state index in [0.29, 0.717) is 5.41 Å². The summed E-state index contributed by atoms with van der Waals surface area (Å²) in [4.78, 5) is 0. The van der Waals surface area contributed by atoms with Crippen LogP contribution in [0.3, 0.4) is 0 Å². The van der Waals surface area contributed by atoms with Crippen molar-refractivity contribution >= 4 is 0 Å². The molecule has 0 amide bonds. The van der Waals surface area contributed by atoms with Gasteiger partial charge in [0.1, 0.15) is 0 Å². The second-order valence-corrected chi connectivity index (χ2v) is 9.54. The van der Waals surface area contributed by atoms with E-state index in [1.54, 1.807) is 0 Å². The molecule has 1 aliphatic rings. The SMILES string of the molecule is CCCCCCC(C)C(C)C(C)CC1C(C)CC(C)(CC)C1C. The molecule has 23 heavy (non-hydrogen) atoms. The smallest absolute Gasteiger partial charge is 0.0297 e. The summed E-state index contributed by atoms with van der Waals surface area (Å²) >= 11 is 0. The summed E-state index contributed by atoms with van der Waals surface area (Å²) in [6, 6.07) is 0. The second-order valence-electron chi connectivity index (χ2n) is 9.54. The van der Waals surface area contributed by atoms with Crippen LogP contribution in [0.25, 0.3) is 0 Å². The van der Waals surface area contributed by atoms with Gasteiger partial charge in [-0.1, -0.05) is 93.9 Å². The van der Waals surface area contributed by atoms with Crippen molar-refractivity contribution in [3.8, 4) is 0 Å². The van der Waals surface area contributed by atoms with E-state index in [2.05, 4.69) is 55.4 Å². The highest BCUT2D eigenvalue weighted by atomic mass is 14.5. The van der Waals surface area contributed by atoms with Gasteiger partial charge in [0.25, 0.3) is 0 Å². The Labute approximate surface area is 148 Å². The number of unbranched alkanes of at least 4 members (excludes halogenated alkanes) is 3. The molecule has 7 unspecified atom stereocenters. The minimum Gasteiger partial charge on any atom is -0.0654 e. The molecule has 0 radical (unpaired) electrons. The van der Waals surface area contributed by atoms with Gasteiger partial charge < -0.3 is 0 Å². The molecule has 0 heterocycles. The highest BCUT2D eigenvalue weighted by Gasteiger charge is 2.45.